The number of amides is 1. The van der Waals surface area contributed by atoms with E-state index >= 15 is 0 Å². The molecule has 0 fully saturated rings. The molecule has 0 aliphatic rings. The van der Waals surface area contributed by atoms with Gasteiger partial charge in [0.2, 0.25) is 5.91 Å². The van der Waals surface area contributed by atoms with Crippen LogP contribution in [0.4, 0.5) is 0 Å². The lowest BCUT2D eigenvalue weighted by atomic mass is 10.1. The Kier molecular flexibility index (Phi) is 17.0. The van der Waals surface area contributed by atoms with Gasteiger partial charge in [-0.25, -0.2) is 0 Å². The van der Waals surface area contributed by atoms with E-state index < -0.39 is 6.04 Å². The van der Waals surface area contributed by atoms with Crippen molar-refractivity contribution < 1.29 is 19.1 Å². The minimum Gasteiger partial charge on any atom is -0.382 e. The second-order valence-corrected chi connectivity index (χ2v) is 5.61. The number of nitrogens with two attached hydrogens (primary N) is 1. The van der Waals surface area contributed by atoms with Gasteiger partial charge in [0.15, 0.2) is 5.78 Å². The molecule has 0 aromatic heterocycles. The molecule has 0 aliphatic carbocycles. The third-order valence-electron chi connectivity index (χ3n) is 3.52. The Morgan fingerprint density at radius 3 is 2.42 bits per heavy atom. The van der Waals surface area contributed by atoms with Crippen LogP contribution in [0.5, 0.6) is 0 Å². The molecule has 0 bridgehead atoms. The number of unbranched alkanes of at least 4 members (excludes halogenated alkanes) is 1. The lowest BCUT2D eigenvalue weighted by Crippen LogP contribution is -2.43. The topological polar surface area (TPSA) is 90.6 Å². The zero-order chi connectivity index (χ0) is 17.6. The van der Waals surface area contributed by atoms with Gasteiger partial charge in [0.25, 0.3) is 0 Å². The molecule has 1 aromatic carbocycles. The zero-order valence-corrected chi connectivity index (χ0v) is 14.3. The Balaban J connectivity index is 0. The maximum absolute atomic E-state index is 11.9. The summed E-state index contributed by atoms with van der Waals surface area (Å²) in [6.45, 7) is 1.80. The van der Waals surface area contributed by atoms with E-state index in [0.717, 1.165) is 18.4 Å². The van der Waals surface area contributed by atoms with Crippen molar-refractivity contribution in [2.75, 3.05) is 33.5 Å². The second-order valence-electron chi connectivity index (χ2n) is 5.61. The average molecular weight is 369 g/mol. The molecule has 1 atom stereocenters. The monoisotopic (exact) mass is 368 g/mol. The van der Waals surface area contributed by atoms with Crippen LogP contribution in [0.15, 0.2) is 30.3 Å². The van der Waals surface area contributed by atoms with Crippen LogP contribution in [0.3, 0.4) is 0 Å². The number of carbonyl (C=O) groups excluding carboxylic acids is 2. The Morgan fingerprint density at radius 2 is 1.77 bits per heavy atom. The fraction of sp³-hybridized carbons (Fsp3) is 0.600. The Hall–Kier alpha value is -1.76. The van der Waals surface area contributed by atoms with Gasteiger partial charge in [0.1, 0.15) is 0 Å². The molecule has 1 aromatic rings. The van der Waals surface area contributed by atoms with Crippen LogP contribution < -0.4 is 11.1 Å². The predicted molar refractivity (Wildman–Crippen MR) is 106 cm³/mol. The number of ether oxygens (including phenoxy) is 2. The van der Waals surface area contributed by atoms with Crippen LogP contribution in [0.2, 0.25) is 0 Å². The zero-order valence-electron chi connectivity index (χ0n) is 14.3. The van der Waals surface area contributed by atoms with E-state index in [9.17, 15) is 9.59 Å². The fourth-order valence-electron chi connectivity index (χ4n) is 2.14. The van der Waals surface area contributed by atoms with E-state index in [2.05, 4.69) is 5.32 Å². The van der Waals surface area contributed by atoms with Gasteiger partial charge in [-0.1, -0.05) is 45.2 Å². The number of Topliss-reactive ketones (excluding diaryl/α,β-unsaturated/α-hetero) is 1. The Morgan fingerprint density at radius 1 is 1.08 bits per heavy atom. The molecule has 0 heterocycles. The van der Waals surface area contributed by atoms with Gasteiger partial charge in [0.05, 0.1) is 25.8 Å². The predicted octanol–water partition coefficient (Wildman–Crippen LogP) is 2.35. The first kappa shape index (κ1) is 26.5. The van der Waals surface area contributed by atoms with Crippen molar-refractivity contribution in [1.29, 1.82) is 0 Å². The highest BCUT2D eigenvalue weighted by atomic mass is 16.5. The van der Waals surface area contributed by atoms with Gasteiger partial charge in [-0.05, 0) is 24.8 Å². The first-order chi connectivity index (χ1) is 11.6. The maximum Gasteiger partial charge on any atom is 0.237 e. The van der Waals surface area contributed by atoms with Crippen molar-refractivity contribution in [3.05, 3.63) is 35.9 Å². The summed E-state index contributed by atoms with van der Waals surface area (Å²) in [6, 6.07) is 8.93. The van der Waals surface area contributed by atoms with Gasteiger partial charge >= 0.3 is 0 Å². The van der Waals surface area contributed by atoms with Crippen LogP contribution in [0, 0.1) is 0 Å². The minimum atomic E-state index is -0.644. The number of hydrogen-bond acceptors (Lipinski definition) is 5. The van der Waals surface area contributed by atoms with Gasteiger partial charge in [-0.3, -0.25) is 9.59 Å². The largest absolute Gasteiger partial charge is 0.382 e. The molecule has 0 saturated carbocycles. The third kappa shape index (κ3) is 12.6. The van der Waals surface area contributed by atoms with Gasteiger partial charge in [-0.15, -0.1) is 0 Å². The number of hydrogen-bond donors (Lipinski definition) is 2. The van der Waals surface area contributed by atoms with Crippen molar-refractivity contribution >= 4 is 11.7 Å². The maximum atomic E-state index is 11.9. The average Bonchev–Trinajstić information content (AvgIpc) is 2.59. The van der Waals surface area contributed by atoms with Crippen LogP contribution in [0.25, 0.3) is 0 Å². The summed E-state index contributed by atoms with van der Waals surface area (Å²) in [5, 5.41) is 2.61. The van der Waals surface area contributed by atoms with Crippen LogP contribution in [-0.4, -0.2) is 51.2 Å². The van der Waals surface area contributed by atoms with Crippen molar-refractivity contribution in [1.82, 2.24) is 5.32 Å². The number of methoxy groups -OCH3 is 1. The van der Waals surface area contributed by atoms with Crippen LogP contribution in [0.1, 0.15) is 39.7 Å². The third-order valence-corrected chi connectivity index (χ3v) is 3.52. The highest BCUT2D eigenvalue weighted by molar-refractivity contribution is 5.88. The lowest BCUT2D eigenvalue weighted by Gasteiger charge is -2.12. The lowest BCUT2D eigenvalue weighted by molar-refractivity contribution is -0.126. The minimum absolute atomic E-state index is 0. The molecule has 1 rings (SSSR count). The summed E-state index contributed by atoms with van der Waals surface area (Å²) >= 11 is 0. The summed E-state index contributed by atoms with van der Waals surface area (Å²) in [7, 11) is 1.63. The normalized spacial score (nSPS) is 11.0. The first-order valence-electron chi connectivity index (χ1n) is 8.29. The molecule has 6 nitrogen and oxygen atoms in total. The molecule has 0 saturated heterocycles. The van der Waals surface area contributed by atoms with Crippen LogP contribution >= 0.6 is 0 Å². The Labute approximate surface area is 158 Å². The molecule has 1 amide bonds. The van der Waals surface area contributed by atoms with Gasteiger partial charge in [-0.2, -0.15) is 0 Å². The van der Waals surface area contributed by atoms with Crippen LogP contribution in [-0.2, 0) is 25.5 Å². The van der Waals surface area contributed by atoms with Gasteiger partial charge in [0, 0.05) is 20.1 Å². The first-order valence-corrected chi connectivity index (χ1v) is 8.29. The van der Waals surface area contributed by atoms with Crippen molar-refractivity contribution in [2.45, 2.75) is 46.6 Å². The SMILES string of the molecule is C.C.COCCOCCCCC(=O)CNC(=O)C(N)Cc1ccccc1. The van der Waals surface area contributed by atoms with E-state index in [1.807, 2.05) is 30.3 Å². The molecular weight excluding hydrogens is 332 g/mol. The summed E-state index contributed by atoms with van der Waals surface area (Å²) in [5.74, 6) is -0.290. The molecular formula is C20H36N2O4. The summed E-state index contributed by atoms with van der Waals surface area (Å²) < 4.78 is 10.2. The number of carbonyl (C=O) groups is 2. The second kappa shape index (κ2) is 16.7. The quantitative estimate of drug-likeness (QED) is 0.522. The smallest absolute Gasteiger partial charge is 0.237 e. The van der Waals surface area contributed by atoms with E-state index in [-0.39, 0.29) is 33.1 Å². The molecule has 150 valence electrons. The molecule has 3 N–H and O–H groups in total. The van der Waals surface area contributed by atoms with Crippen molar-refractivity contribution in [3.63, 3.8) is 0 Å². The molecule has 0 radical (unpaired) electrons. The van der Waals surface area contributed by atoms with E-state index in [1.54, 1.807) is 7.11 Å². The van der Waals surface area contributed by atoms with Crippen molar-refractivity contribution in [3.8, 4) is 0 Å². The molecule has 0 aliphatic heterocycles. The molecule has 1 unspecified atom stereocenters. The highest BCUT2D eigenvalue weighted by Crippen LogP contribution is 2.02. The van der Waals surface area contributed by atoms with E-state index in [4.69, 9.17) is 15.2 Å². The van der Waals surface area contributed by atoms with E-state index in [1.165, 1.54) is 0 Å². The number of nitrogens with one attached hydrogen (secondary N) is 1. The summed E-state index contributed by atoms with van der Waals surface area (Å²) in [5.41, 5.74) is 6.86. The summed E-state index contributed by atoms with van der Waals surface area (Å²) in [4.78, 5) is 23.7. The number of rotatable bonds is 13. The van der Waals surface area contributed by atoms with E-state index in [0.29, 0.717) is 32.7 Å². The summed E-state index contributed by atoms with van der Waals surface area (Å²) in [6.07, 6.45) is 2.45. The fourth-order valence-corrected chi connectivity index (χ4v) is 2.14. The van der Waals surface area contributed by atoms with Gasteiger partial charge < -0.3 is 20.5 Å². The molecule has 0 spiro atoms. The standard InChI is InChI=1S/C18H28N2O4.2CH4/c1-23-11-12-24-10-6-5-9-16(21)14-20-18(22)17(19)13-15-7-3-2-4-8-15;;/h2-4,7-8,17H,5-6,9-14,19H2,1H3,(H,20,22);2*1H4. The number of ketones is 1. The molecule has 26 heavy (non-hydrogen) atoms. The van der Waals surface area contributed by atoms with Crippen molar-refractivity contribution in [2.24, 2.45) is 5.73 Å². The number of benzene rings is 1. The Bertz CT molecular complexity index is 480. The highest BCUT2D eigenvalue weighted by Gasteiger charge is 2.14. The molecule has 6 heteroatoms.